The van der Waals surface area contributed by atoms with E-state index in [4.69, 9.17) is 0 Å². The minimum Gasteiger partial charge on any atom is -0.273 e. The Bertz CT molecular complexity index is 666. The second kappa shape index (κ2) is 8.87. The summed E-state index contributed by atoms with van der Waals surface area (Å²) in [6.07, 6.45) is 2.55. The highest BCUT2D eigenvalue weighted by atomic mass is 16.2. The lowest BCUT2D eigenvalue weighted by Gasteiger charge is -2.17. The van der Waals surface area contributed by atoms with Gasteiger partial charge in [0.05, 0.1) is 5.92 Å². The first-order chi connectivity index (χ1) is 11.7. The summed E-state index contributed by atoms with van der Waals surface area (Å²) in [6.45, 7) is 4.10. The van der Waals surface area contributed by atoms with Gasteiger partial charge in [-0.2, -0.15) is 0 Å². The lowest BCUT2D eigenvalue weighted by atomic mass is 9.94. The number of amides is 2. The highest BCUT2D eigenvalue weighted by Gasteiger charge is 2.20. The van der Waals surface area contributed by atoms with Crippen LogP contribution in [-0.4, -0.2) is 11.8 Å². The molecule has 24 heavy (non-hydrogen) atoms. The molecule has 2 aromatic carbocycles. The van der Waals surface area contributed by atoms with Crippen LogP contribution in [0.2, 0.25) is 0 Å². The first-order valence-corrected chi connectivity index (χ1v) is 8.39. The number of nitrogens with one attached hydrogen (secondary N) is 2. The molecular weight excluding hydrogens is 300 g/mol. The largest absolute Gasteiger partial charge is 0.273 e. The fourth-order valence-electron chi connectivity index (χ4n) is 2.59. The van der Waals surface area contributed by atoms with Crippen molar-refractivity contribution in [2.45, 2.75) is 39.0 Å². The Morgan fingerprint density at radius 3 is 2.17 bits per heavy atom. The van der Waals surface area contributed by atoms with Gasteiger partial charge in [-0.3, -0.25) is 20.4 Å². The summed E-state index contributed by atoms with van der Waals surface area (Å²) in [5, 5.41) is 0. The molecule has 1 atom stereocenters. The molecule has 0 spiro atoms. The molecule has 0 saturated carbocycles. The van der Waals surface area contributed by atoms with Crippen molar-refractivity contribution < 1.29 is 9.59 Å². The Hall–Kier alpha value is -2.62. The second-order valence-corrected chi connectivity index (χ2v) is 5.75. The zero-order valence-electron chi connectivity index (χ0n) is 14.2. The maximum Gasteiger partial charge on any atom is 0.269 e. The fraction of sp³-hybridized carbons (Fsp3) is 0.300. The molecule has 2 aromatic rings. The zero-order chi connectivity index (χ0) is 17.4. The van der Waals surface area contributed by atoms with E-state index in [1.807, 2.05) is 49.4 Å². The van der Waals surface area contributed by atoms with Gasteiger partial charge in [0.2, 0.25) is 5.91 Å². The smallest absolute Gasteiger partial charge is 0.269 e. The number of hydrazine groups is 1. The van der Waals surface area contributed by atoms with Gasteiger partial charge in [0.1, 0.15) is 0 Å². The highest BCUT2D eigenvalue weighted by molar-refractivity contribution is 5.96. The van der Waals surface area contributed by atoms with Gasteiger partial charge in [-0.05, 0) is 36.1 Å². The van der Waals surface area contributed by atoms with Crippen LogP contribution in [-0.2, 0) is 11.2 Å². The molecule has 4 heteroatoms. The molecule has 0 saturated heterocycles. The van der Waals surface area contributed by atoms with E-state index in [1.54, 1.807) is 12.1 Å². The lowest BCUT2D eigenvalue weighted by Crippen LogP contribution is -2.44. The van der Waals surface area contributed by atoms with Crippen LogP contribution in [0.25, 0.3) is 0 Å². The van der Waals surface area contributed by atoms with Crippen molar-refractivity contribution in [3.8, 4) is 0 Å². The number of benzene rings is 2. The van der Waals surface area contributed by atoms with Crippen LogP contribution in [0.3, 0.4) is 0 Å². The van der Waals surface area contributed by atoms with Crippen LogP contribution in [0.1, 0.15) is 54.1 Å². The van der Waals surface area contributed by atoms with E-state index in [9.17, 15) is 9.59 Å². The molecule has 0 bridgehead atoms. The Morgan fingerprint density at radius 1 is 0.917 bits per heavy atom. The van der Waals surface area contributed by atoms with Crippen LogP contribution in [0.15, 0.2) is 54.6 Å². The van der Waals surface area contributed by atoms with Gasteiger partial charge in [-0.25, -0.2) is 0 Å². The van der Waals surface area contributed by atoms with Crippen molar-refractivity contribution in [3.05, 3.63) is 71.3 Å². The van der Waals surface area contributed by atoms with Gasteiger partial charge < -0.3 is 0 Å². The quantitative estimate of drug-likeness (QED) is 0.798. The molecule has 0 aromatic heterocycles. The van der Waals surface area contributed by atoms with E-state index in [0.29, 0.717) is 5.56 Å². The van der Waals surface area contributed by atoms with Crippen molar-refractivity contribution in [2.75, 3.05) is 0 Å². The number of carbonyl (C=O) groups excluding carboxylic acids is 2. The third-order valence-electron chi connectivity index (χ3n) is 4.02. The average Bonchev–Trinajstić information content (AvgIpc) is 2.64. The van der Waals surface area contributed by atoms with E-state index in [1.165, 1.54) is 5.56 Å². The van der Waals surface area contributed by atoms with Crippen molar-refractivity contribution in [3.63, 3.8) is 0 Å². The SMILES string of the molecule is CCC[C@@H](C(=O)NNC(=O)c1ccc(CC)cc1)c1ccccc1. The molecular formula is C20H24N2O2. The van der Waals surface area contributed by atoms with E-state index >= 15 is 0 Å². The molecule has 0 aliphatic carbocycles. The first-order valence-electron chi connectivity index (χ1n) is 8.39. The molecule has 2 rings (SSSR count). The molecule has 0 unspecified atom stereocenters. The molecule has 0 radical (unpaired) electrons. The van der Waals surface area contributed by atoms with Crippen LogP contribution in [0.4, 0.5) is 0 Å². The number of hydrogen-bond acceptors (Lipinski definition) is 2. The summed E-state index contributed by atoms with van der Waals surface area (Å²) in [6, 6.07) is 17.0. The maximum absolute atomic E-state index is 12.4. The third-order valence-corrected chi connectivity index (χ3v) is 4.02. The summed E-state index contributed by atoms with van der Waals surface area (Å²) in [4.78, 5) is 24.6. The van der Waals surface area contributed by atoms with Gasteiger partial charge in [0.15, 0.2) is 0 Å². The molecule has 126 valence electrons. The minimum absolute atomic E-state index is 0.193. The van der Waals surface area contributed by atoms with E-state index in [0.717, 1.165) is 24.8 Å². The Kier molecular flexibility index (Phi) is 6.55. The Morgan fingerprint density at radius 2 is 1.58 bits per heavy atom. The average molecular weight is 324 g/mol. The summed E-state index contributed by atoms with van der Waals surface area (Å²) < 4.78 is 0. The van der Waals surface area contributed by atoms with E-state index in [-0.39, 0.29) is 17.7 Å². The maximum atomic E-state index is 12.4. The zero-order valence-corrected chi connectivity index (χ0v) is 14.2. The number of carbonyl (C=O) groups is 2. The summed E-state index contributed by atoms with van der Waals surface area (Å²) in [5.74, 6) is -0.769. The van der Waals surface area contributed by atoms with E-state index in [2.05, 4.69) is 17.8 Å². The molecule has 0 fully saturated rings. The first kappa shape index (κ1) is 17.7. The second-order valence-electron chi connectivity index (χ2n) is 5.75. The van der Waals surface area contributed by atoms with Crippen molar-refractivity contribution >= 4 is 11.8 Å². The molecule has 0 heterocycles. The topological polar surface area (TPSA) is 58.2 Å². The Balaban J connectivity index is 1.98. The van der Waals surface area contributed by atoms with Crippen LogP contribution >= 0.6 is 0 Å². The normalized spacial score (nSPS) is 11.6. The molecule has 4 nitrogen and oxygen atoms in total. The van der Waals surface area contributed by atoms with Crippen molar-refractivity contribution in [1.82, 2.24) is 10.9 Å². The number of rotatable bonds is 6. The van der Waals surface area contributed by atoms with Gasteiger partial charge >= 0.3 is 0 Å². The third kappa shape index (κ3) is 4.69. The molecule has 2 amide bonds. The van der Waals surface area contributed by atoms with Gasteiger partial charge in [-0.1, -0.05) is 62.7 Å². The van der Waals surface area contributed by atoms with Gasteiger partial charge in [0, 0.05) is 5.56 Å². The van der Waals surface area contributed by atoms with Crippen LogP contribution in [0.5, 0.6) is 0 Å². The minimum atomic E-state index is -0.311. The predicted molar refractivity (Wildman–Crippen MR) is 95.5 cm³/mol. The van der Waals surface area contributed by atoms with E-state index < -0.39 is 0 Å². The standard InChI is InChI=1S/C20H24N2O2/c1-3-8-18(16-9-6-5-7-10-16)20(24)22-21-19(23)17-13-11-15(4-2)12-14-17/h5-7,9-14,18H,3-4,8H2,1-2H3,(H,21,23)(H,22,24)/t18-/m1/s1. The predicted octanol–water partition coefficient (Wildman–Crippen LogP) is 3.59. The molecule has 2 N–H and O–H groups in total. The molecule has 0 aliphatic heterocycles. The van der Waals surface area contributed by atoms with Crippen LogP contribution < -0.4 is 10.9 Å². The van der Waals surface area contributed by atoms with Gasteiger partial charge in [-0.15, -0.1) is 0 Å². The summed E-state index contributed by atoms with van der Waals surface area (Å²) in [7, 11) is 0. The fourth-order valence-corrected chi connectivity index (χ4v) is 2.59. The Labute approximate surface area is 143 Å². The summed E-state index contributed by atoms with van der Waals surface area (Å²) in [5.41, 5.74) is 7.71. The summed E-state index contributed by atoms with van der Waals surface area (Å²) >= 11 is 0. The van der Waals surface area contributed by atoms with Crippen LogP contribution in [0, 0.1) is 0 Å². The van der Waals surface area contributed by atoms with Crippen molar-refractivity contribution in [1.29, 1.82) is 0 Å². The monoisotopic (exact) mass is 324 g/mol. The van der Waals surface area contributed by atoms with Gasteiger partial charge in [0.25, 0.3) is 5.91 Å². The molecule has 0 aliphatic rings. The highest BCUT2D eigenvalue weighted by Crippen LogP contribution is 2.21. The van der Waals surface area contributed by atoms with Crippen molar-refractivity contribution in [2.24, 2.45) is 0 Å². The lowest BCUT2D eigenvalue weighted by molar-refractivity contribution is -0.123. The number of aryl methyl sites for hydroxylation is 1. The number of hydrogen-bond donors (Lipinski definition) is 2.